The second kappa shape index (κ2) is 8.26. The van der Waals surface area contributed by atoms with Crippen molar-refractivity contribution in [1.29, 1.82) is 0 Å². The van der Waals surface area contributed by atoms with Crippen LogP contribution in [0.1, 0.15) is 24.1 Å². The van der Waals surface area contributed by atoms with E-state index >= 15 is 0 Å². The van der Waals surface area contributed by atoms with Gasteiger partial charge in [0.2, 0.25) is 5.91 Å². The Morgan fingerprint density at radius 2 is 2.35 bits per heavy atom. The molecular formula is C17H24N4OS. The van der Waals surface area contributed by atoms with Crippen LogP contribution < -0.4 is 5.32 Å². The molecule has 0 saturated carbocycles. The summed E-state index contributed by atoms with van der Waals surface area (Å²) in [6, 6.07) is 6.52. The average molecular weight is 332 g/mol. The molecule has 1 amide bonds. The van der Waals surface area contributed by atoms with Gasteiger partial charge in [-0.05, 0) is 43.3 Å². The van der Waals surface area contributed by atoms with Crippen LogP contribution in [0.25, 0.3) is 0 Å². The summed E-state index contributed by atoms with van der Waals surface area (Å²) in [5, 5.41) is 9.42. The third-order valence-electron chi connectivity index (χ3n) is 4.33. The number of carbonyl (C=O) groups excluding carboxylic acids is 1. The van der Waals surface area contributed by atoms with E-state index in [0.29, 0.717) is 12.6 Å². The molecule has 23 heavy (non-hydrogen) atoms. The summed E-state index contributed by atoms with van der Waals surface area (Å²) in [7, 11) is 0. The molecule has 0 bridgehead atoms. The van der Waals surface area contributed by atoms with Gasteiger partial charge in [0.1, 0.15) is 0 Å². The summed E-state index contributed by atoms with van der Waals surface area (Å²) in [6.07, 6.45) is 8.28. The van der Waals surface area contributed by atoms with Crippen molar-refractivity contribution in [2.75, 3.05) is 19.6 Å². The zero-order valence-electron chi connectivity index (χ0n) is 13.4. The highest BCUT2D eigenvalue weighted by molar-refractivity contribution is 7.09. The van der Waals surface area contributed by atoms with Crippen LogP contribution in [-0.2, 0) is 17.8 Å². The van der Waals surface area contributed by atoms with Crippen LogP contribution in [0.15, 0.2) is 36.0 Å². The summed E-state index contributed by atoms with van der Waals surface area (Å²) >= 11 is 1.74. The third kappa shape index (κ3) is 4.91. The largest absolute Gasteiger partial charge is 0.355 e. The van der Waals surface area contributed by atoms with Crippen molar-refractivity contribution in [1.82, 2.24) is 20.0 Å². The van der Waals surface area contributed by atoms with Crippen LogP contribution >= 0.6 is 11.3 Å². The Labute approximate surface area is 141 Å². The van der Waals surface area contributed by atoms with Gasteiger partial charge in [-0.1, -0.05) is 12.5 Å². The summed E-state index contributed by atoms with van der Waals surface area (Å²) in [6.45, 7) is 3.09. The molecule has 0 aromatic carbocycles. The number of hydrogen-bond acceptors (Lipinski definition) is 4. The van der Waals surface area contributed by atoms with Gasteiger partial charge in [-0.3, -0.25) is 14.4 Å². The van der Waals surface area contributed by atoms with E-state index in [0.717, 1.165) is 32.5 Å². The number of likely N-dealkylation sites (tertiary alicyclic amines) is 1. The second-order valence-corrected chi connectivity index (χ2v) is 7.06. The number of hydrogen-bond donors (Lipinski definition) is 1. The van der Waals surface area contributed by atoms with Gasteiger partial charge < -0.3 is 5.32 Å². The first-order valence-corrected chi connectivity index (χ1v) is 9.20. The van der Waals surface area contributed by atoms with Crippen LogP contribution in [-0.4, -0.2) is 46.3 Å². The Balaban J connectivity index is 1.45. The lowest BCUT2D eigenvalue weighted by atomic mass is 10.0. The first-order valence-electron chi connectivity index (χ1n) is 8.32. The van der Waals surface area contributed by atoms with Crippen LogP contribution in [0, 0.1) is 0 Å². The highest BCUT2D eigenvalue weighted by atomic mass is 32.1. The topological polar surface area (TPSA) is 50.2 Å². The molecule has 5 nitrogen and oxygen atoms in total. The zero-order chi connectivity index (χ0) is 15.9. The number of rotatable bonds is 7. The second-order valence-electron chi connectivity index (χ2n) is 6.03. The molecular weight excluding hydrogens is 308 g/mol. The SMILES string of the molecule is O=C(CN1CCCCC1Cn1cccn1)NCCc1cccs1. The number of piperidine rings is 1. The van der Waals surface area contributed by atoms with E-state index in [4.69, 9.17) is 0 Å². The predicted molar refractivity (Wildman–Crippen MR) is 92.5 cm³/mol. The molecule has 124 valence electrons. The molecule has 6 heteroatoms. The maximum absolute atomic E-state index is 12.2. The lowest BCUT2D eigenvalue weighted by Crippen LogP contribution is -2.47. The summed E-state index contributed by atoms with van der Waals surface area (Å²) in [5.74, 6) is 0.133. The molecule has 1 aliphatic heterocycles. The molecule has 3 rings (SSSR count). The maximum atomic E-state index is 12.2. The zero-order valence-corrected chi connectivity index (χ0v) is 14.2. The third-order valence-corrected chi connectivity index (χ3v) is 5.26. The van der Waals surface area contributed by atoms with E-state index in [1.165, 1.54) is 17.7 Å². The lowest BCUT2D eigenvalue weighted by molar-refractivity contribution is -0.123. The Hall–Kier alpha value is -1.66. The molecule has 0 radical (unpaired) electrons. The summed E-state index contributed by atoms with van der Waals surface area (Å²) in [5.41, 5.74) is 0. The molecule has 2 aromatic rings. The van der Waals surface area contributed by atoms with Gasteiger partial charge in [0, 0.05) is 29.9 Å². The molecule has 1 saturated heterocycles. The Morgan fingerprint density at radius 3 is 3.13 bits per heavy atom. The molecule has 1 N–H and O–H groups in total. The number of nitrogens with zero attached hydrogens (tertiary/aromatic N) is 3. The van der Waals surface area contributed by atoms with E-state index < -0.39 is 0 Å². The van der Waals surface area contributed by atoms with E-state index in [2.05, 4.69) is 32.8 Å². The van der Waals surface area contributed by atoms with Crippen molar-refractivity contribution >= 4 is 17.2 Å². The van der Waals surface area contributed by atoms with Gasteiger partial charge >= 0.3 is 0 Å². The van der Waals surface area contributed by atoms with Gasteiger partial charge in [-0.15, -0.1) is 11.3 Å². The Morgan fingerprint density at radius 1 is 1.39 bits per heavy atom. The normalized spacial score (nSPS) is 18.9. The number of carbonyl (C=O) groups is 1. The average Bonchev–Trinajstić information content (AvgIpc) is 3.23. The smallest absolute Gasteiger partial charge is 0.234 e. The van der Waals surface area contributed by atoms with Gasteiger partial charge in [-0.25, -0.2) is 0 Å². The minimum absolute atomic E-state index is 0.133. The van der Waals surface area contributed by atoms with Crippen LogP contribution in [0.2, 0.25) is 0 Å². The maximum Gasteiger partial charge on any atom is 0.234 e. The van der Waals surface area contributed by atoms with E-state index in [1.54, 1.807) is 11.3 Å². The molecule has 0 aliphatic carbocycles. The minimum Gasteiger partial charge on any atom is -0.355 e. The molecule has 1 unspecified atom stereocenters. The van der Waals surface area contributed by atoms with Crippen LogP contribution in [0.3, 0.4) is 0 Å². The highest BCUT2D eigenvalue weighted by Crippen LogP contribution is 2.18. The number of amides is 1. The quantitative estimate of drug-likeness (QED) is 0.845. The van der Waals surface area contributed by atoms with E-state index in [9.17, 15) is 4.79 Å². The number of nitrogens with one attached hydrogen (secondary N) is 1. The molecule has 1 atom stereocenters. The number of aromatic nitrogens is 2. The molecule has 1 aliphatic rings. The van der Waals surface area contributed by atoms with Gasteiger partial charge in [0.25, 0.3) is 0 Å². The Bertz CT molecular complexity index is 582. The first kappa shape index (κ1) is 16.2. The fraction of sp³-hybridized carbons (Fsp3) is 0.529. The molecule has 3 heterocycles. The summed E-state index contributed by atoms with van der Waals surface area (Å²) < 4.78 is 1.97. The van der Waals surface area contributed by atoms with Crippen molar-refractivity contribution in [3.05, 3.63) is 40.8 Å². The lowest BCUT2D eigenvalue weighted by Gasteiger charge is -2.35. The van der Waals surface area contributed by atoms with E-state index in [-0.39, 0.29) is 5.91 Å². The van der Waals surface area contributed by atoms with Crippen molar-refractivity contribution in [2.24, 2.45) is 0 Å². The van der Waals surface area contributed by atoms with Gasteiger partial charge in [0.05, 0.1) is 13.1 Å². The van der Waals surface area contributed by atoms with Crippen molar-refractivity contribution in [2.45, 2.75) is 38.3 Å². The van der Waals surface area contributed by atoms with Crippen molar-refractivity contribution in [3.63, 3.8) is 0 Å². The van der Waals surface area contributed by atoms with Gasteiger partial charge in [-0.2, -0.15) is 5.10 Å². The predicted octanol–water partition coefficient (Wildman–Crippen LogP) is 2.16. The van der Waals surface area contributed by atoms with Crippen molar-refractivity contribution in [3.8, 4) is 0 Å². The molecule has 1 fully saturated rings. The monoisotopic (exact) mass is 332 g/mol. The highest BCUT2D eigenvalue weighted by Gasteiger charge is 2.24. The van der Waals surface area contributed by atoms with E-state index in [1.807, 2.05) is 23.1 Å². The first-order chi connectivity index (χ1) is 11.3. The molecule has 2 aromatic heterocycles. The standard InChI is InChI=1S/C17H24N4OS/c22-17(18-9-7-16-6-3-12-23-16)14-20-10-2-1-5-15(20)13-21-11-4-8-19-21/h3-4,6,8,11-12,15H,1-2,5,7,9-10,13-14H2,(H,18,22). The summed E-state index contributed by atoms with van der Waals surface area (Å²) in [4.78, 5) is 15.8. The molecule has 0 spiro atoms. The fourth-order valence-electron chi connectivity index (χ4n) is 3.12. The van der Waals surface area contributed by atoms with Crippen LogP contribution in [0.5, 0.6) is 0 Å². The van der Waals surface area contributed by atoms with Crippen molar-refractivity contribution < 1.29 is 4.79 Å². The van der Waals surface area contributed by atoms with Crippen LogP contribution in [0.4, 0.5) is 0 Å². The minimum atomic E-state index is 0.133. The fourth-order valence-corrected chi connectivity index (χ4v) is 3.83. The number of thiophene rings is 1. The van der Waals surface area contributed by atoms with Gasteiger partial charge in [0.15, 0.2) is 0 Å². The Kier molecular flexibility index (Phi) is 5.82.